The predicted molar refractivity (Wildman–Crippen MR) is 174 cm³/mol. The van der Waals surface area contributed by atoms with Gasteiger partial charge in [-0.25, -0.2) is 9.67 Å². The van der Waals surface area contributed by atoms with Crippen molar-refractivity contribution in [2.24, 2.45) is 5.92 Å². The largest absolute Gasteiger partial charge is 0.354 e. The van der Waals surface area contributed by atoms with Crippen LogP contribution in [0.1, 0.15) is 68.3 Å². The Morgan fingerprint density at radius 1 is 0.936 bits per heavy atom. The van der Waals surface area contributed by atoms with E-state index < -0.39 is 41.8 Å². The molecule has 4 rings (SSSR count). The van der Waals surface area contributed by atoms with Gasteiger partial charge in [0.25, 0.3) is 5.91 Å². The molecule has 1 aliphatic heterocycles. The molecule has 47 heavy (non-hydrogen) atoms. The maximum absolute atomic E-state index is 13.5. The summed E-state index contributed by atoms with van der Waals surface area (Å²) in [6.45, 7) is 8.80. The smallest absolute Gasteiger partial charge is 0.255 e. The Hall–Kier alpha value is -5.14. The number of nitrogens with zero attached hydrogens (tertiary/aromatic N) is 5. The average Bonchev–Trinajstić information content (AvgIpc) is 3.45. The van der Waals surface area contributed by atoms with Crippen LogP contribution in [0.25, 0.3) is 11.4 Å². The standard InChI is InChI=1S/C33H43N9O5/c1-20(2)14-26-32(46)37-22(4)30-39-29(24-10-7-6-8-11-24)40-42(30)19-27(43)35-12-9-13-41(18-28(44)36-23(5)31(45)38-26)33(47)25-15-21(3)16-34-17-25/h6-8,10-11,15-17,20,22-23,26H,9,12-14,18-19H2,1-5H3,(H,35,43)(H,36,44)(H,37,46)(H,38,45)/t22-,23+,26+/m0/s1. The molecule has 1 aliphatic rings. The van der Waals surface area contributed by atoms with Crippen LogP contribution in [0.15, 0.2) is 48.8 Å². The molecule has 0 saturated heterocycles. The van der Waals surface area contributed by atoms with Crippen molar-refractivity contribution < 1.29 is 24.0 Å². The molecule has 5 amide bonds. The van der Waals surface area contributed by atoms with Gasteiger partial charge in [-0.15, -0.1) is 0 Å². The lowest BCUT2D eigenvalue weighted by Gasteiger charge is -2.25. The number of hydrogen-bond donors (Lipinski definition) is 4. The number of hydrogen-bond acceptors (Lipinski definition) is 8. The van der Waals surface area contributed by atoms with Crippen LogP contribution in [0.2, 0.25) is 0 Å². The van der Waals surface area contributed by atoms with E-state index in [2.05, 4.69) is 36.3 Å². The Morgan fingerprint density at radius 2 is 1.68 bits per heavy atom. The first-order chi connectivity index (χ1) is 22.4. The average molecular weight is 646 g/mol. The molecule has 14 heteroatoms. The lowest BCUT2D eigenvalue weighted by Crippen LogP contribution is -2.54. The highest BCUT2D eigenvalue weighted by molar-refractivity contribution is 5.97. The Kier molecular flexibility index (Phi) is 11.8. The van der Waals surface area contributed by atoms with Gasteiger partial charge in [0.1, 0.15) is 24.5 Å². The minimum atomic E-state index is -0.988. The molecule has 3 heterocycles. The summed E-state index contributed by atoms with van der Waals surface area (Å²) in [6, 6.07) is 8.41. The molecule has 0 unspecified atom stereocenters. The molecule has 0 saturated carbocycles. The summed E-state index contributed by atoms with van der Waals surface area (Å²) in [4.78, 5) is 76.5. The molecule has 3 atom stereocenters. The molecule has 2 aromatic heterocycles. The molecule has 0 spiro atoms. The van der Waals surface area contributed by atoms with Crippen LogP contribution >= 0.6 is 0 Å². The van der Waals surface area contributed by atoms with E-state index in [9.17, 15) is 24.0 Å². The highest BCUT2D eigenvalue weighted by Gasteiger charge is 2.29. The number of rotatable bonds is 4. The van der Waals surface area contributed by atoms with Crippen LogP contribution in [0, 0.1) is 12.8 Å². The fourth-order valence-corrected chi connectivity index (χ4v) is 5.20. The van der Waals surface area contributed by atoms with E-state index in [-0.39, 0.29) is 38.0 Å². The molecule has 3 aromatic rings. The summed E-state index contributed by atoms with van der Waals surface area (Å²) in [7, 11) is 0. The molecule has 0 aliphatic carbocycles. The number of fused-ring (bicyclic) bond motifs is 1. The second-order valence-electron chi connectivity index (χ2n) is 12.2. The van der Waals surface area contributed by atoms with Crippen molar-refractivity contribution in [1.82, 2.24) is 45.9 Å². The van der Waals surface area contributed by atoms with Gasteiger partial charge in [-0.3, -0.25) is 29.0 Å². The van der Waals surface area contributed by atoms with Gasteiger partial charge >= 0.3 is 0 Å². The number of pyridine rings is 1. The summed E-state index contributed by atoms with van der Waals surface area (Å²) >= 11 is 0. The summed E-state index contributed by atoms with van der Waals surface area (Å²) in [6.07, 6.45) is 3.74. The van der Waals surface area contributed by atoms with Crippen molar-refractivity contribution in [3.8, 4) is 11.4 Å². The number of amides is 5. The lowest BCUT2D eigenvalue weighted by atomic mass is 10.0. The second-order valence-corrected chi connectivity index (χ2v) is 12.2. The van der Waals surface area contributed by atoms with Gasteiger partial charge in [0.15, 0.2) is 5.82 Å². The Labute approximate surface area is 274 Å². The minimum Gasteiger partial charge on any atom is -0.354 e. The van der Waals surface area contributed by atoms with Crippen LogP contribution in [0.5, 0.6) is 0 Å². The first kappa shape index (κ1) is 34.7. The maximum atomic E-state index is 13.5. The lowest BCUT2D eigenvalue weighted by molar-refractivity contribution is -0.132. The quantitative estimate of drug-likeness (QED) is 0.330. The Balaban J connectivity index is 1.63. The molecule has 250 valence electrons. The van der Waals surface area contributed by atoms with Gasteiger partial charge in [0, 0.05) is 31.0 Å². The van der Waals surface area contributed by atoms with Gasteiger partial charge < -0.3 is 26.2 Å². The van der Waals surface area contributed by atoms with E-state index in [1.807, 2.05) is 51.1 Å². The molecule has 0 fully saturated rings. The number of aryl methyl sites for hydroxylation is 1. The zero-order chi connectivity index (χ0) is 34.1. The normalized spacial score (nSPS) is 20.6. The van der Waals surface area contributed by atoms with Gasteiger partial charge in [-0.2, -0.15) is 5.10 Å². The van der Waals surface area contributed by atoms with Crippen LogP contribution in [-0.2, 0) is 25.7 Å². The van der Waals surface area contributed by atoms with Crippen LogP contribution < -0.4 is 21.3 Å². The molecule has 4 N–H and O–H groups in total. The van der Waals surface area contributed by atoms with Crippen molar-refractivity contribution >= 4 is 29.5 Å². The summed E-state index contributed by atoms with van der Waals surface area (Å²) in [5, 5.41) is 15.8. The Bertz CT molecular complexity index is 1590. The van der Waals surface area contributed by atoms with Crippen molar-refractivity contribution in [3.63, 3.8) is 0 Å². The van der Waals surface area contributed by atoms with E-state index >= 15 is 0 Å². The first-order valence-electron chi connectivity index (χ1n) is 15.8. The molecular weight excluding hydrogens is 602 g/mol. The van der Waals surface area contributed by atoms with Gasteiger partial charge in [-0.05, 0) is 51.2 Å². The molecule has 1 aromatic carbocycles. The number of nitrogens with one attached hydrogen (secondary N) is 4. The maximum Gasteiger partial charge on any atom is 0.255 e. The third-order valence-corrected chi connectivity index (χ3v) is 7.55. The molecule has 0 radical (unpaired) electrons. The van der Waals surface area contributed by atoms with Crippen molar-refractivity contribution in [2.75, 3.05) is 19.6 Å². The number of carbonyl (C=O) groups excluding carboxylic acids is 5. The van der Waals surface area contributed by atoms with Gasteiger partial charge in [-0.1, -0.05) is 44.2 Å². The summed E-state index contributed by atoms with van der Waals surface area (Å²) < 4.78 is 1.46. The predicted octanol–water partition coefficient (Wildman–Crippen LogP) is 1.52. The summed E-state index contributed by atoms with van der Waals surface area (Å²) in [5.41, 5.74) is 1.85. The molecular formula is C33H43N9O5. The van der Waals surface area contributed by atoms with Crippen molar-refractivity contribution in [2.45, 2.75) is 72.1 Å². The summed E-state index contributed by atoms with van der Waals surface area (Å²) in [5.74, 6) is -1.47. The van der Waals surface area contributed by atoms with Crippen molar-refractivity contribution in [1.29, 1.82) is 0 Å². The highest BCUT2D eigenvalue weighted by Crippen LogP contribution is 2.19. The second kappa shape index (κ2) is 15.9. The van der Waals surface area contributed by atoms with Crippen molar-refractivity contribution in [3.05, 3.63) is 65.7 Å². The third kappa shape index (κ3) is 9.67. The topological polar surface area (TPSA) is 180 Å². The van der Waals surface area contributed by atoms with E-state index in [1.165, 1.54) is 22.7 Å². The fraction of sp³-hybridized carbons (Fsp3) is 0.455. The highest BCUT2D eigenvalue weighted by atomic mass is 16.2. The Morgan fingerprint density at radius 3 is 2.38 bits per heavy atom. The molecule has 0 bridgehead atoms. The SMILES string of the molecule is Cc1cncc(C(=O)N2CCCNC(=O)Cn3nc(-c4ccccc4)nc3[C@H](C)NC(=O)[C@@H](CC(C)C)NC(=O)[C@@H](C)NC(=O)C2)c1. The number of aromatic nitrogens is 4. The monoisotopic (exact) mass is 645 g/mol. The minimum absolute atomic E-state index is 0.0561. The van der Waals surface area contributed by atoms with E-state index in [0.29, 0.717) is 30.1 Å². The third-order valence-electron chi connectivity index (χ3n) is 7.55. The number of benzene rings is 1. The van der Waals surface area contributed by atoms with Gasteiger partial charge in [0.05, 0.1) is 18.2 Å². The zero-order valence-electron chi connectivity index (χ0n) is 27.4. The van der Waals surface area contributed by atoms with E-state index in [0.717, 1.165) is 11.1 Å². The first-order valence-corrected chi connectivity index (χ1v) is 15.8. The van der Waals surface area contributed by atoms with E-state index in [1.54, 1.807) is 19.2 Å². The molecule has 14 nitrogen and oxygen atoms in total. The van der Waals surface area contributed by atoms with Crippen LogP contribution in [0.4, 0.5) is 0 Å². The van der Waals surface area contributed by atoms with Gasteiger partial charge in [0.2, 0.25) is 23.6 Å². The van der Waals surface area contributed by atoms with E-state index in [4.69, 9.17) is 0 Å². The fourth-order valence-electron chi connectivity index (χ4n) is 5.20. The van der Waals surface area contributed by atoms with Crippen LogP contribution in [0.3, 0.4) is 0 Å². The zero-order valence-corrected chi connectivity index (χ0v) is 27.4. The van der Waals surface area contributed by atoms with Crippen LogP contribution in [-0.4, -0.2) is 85.9 Å². The number of carbonyl (C=O) groups is 5.